The largest absolute Gasteiger partial charge is 0.485 e. The Morgan fingerprint density at radius 1 is 1.10 bits per heavy atom. The summed E-state index contributed by atoms with van der Waals surface area (Å²) in [6.07, 6.45) is -0.597. The zero-order valence-electron chi connectivity index (χ0n) is 10.3. The van der Waals surface area contributed by atoms with E-state index in [0.29, 0.717) is 17.7 Å². The van der Waals surface area contributed by atoms with E-state index in [-0.39, 0.29) is 11.9 Å². The topological polar surface area (TPSA) is 29.5 Å². The fourth-order valence-electron chi connectivity index (χ4n) is 2.37. The predicted molar refractivity (Wildman–Crippen MR) is 81.2 cm³/mol. The summed E-state index contributed by atoms with van der Waals surface area (Å²) in [6.45, 7) is 0. The highest BCUT2D eigenvalue weighted by atomic mass is 79.9. The Kier molecular flexibility index (Phi) is 3.84. The van der Waals surface area contributed by atoms with E-state index in [2.05, 4.69) is 31.9 Å². The first-order valence-corrected chi connectivity index (χ1v) is 7.72. The van der Waals surface area contributed by atoms with Crippen LogP contribution in [0.1, 0.15) is 29.8 Å². The smallest absolute Gasteiger partial charge is 0.128 e. The van der Waals surface area contributed by atoms with Crippen LogP contribution in [0.3, 0.4) is 0 Å². The van der Waals surface area contributed by atoms with E-state index in [0.717, 1.165) is 14.5 Å². The molecule has 3 rings (SSSR count). The van der Waals surface area contributed by atoms with E-state index in [1.165, 1.54) is 12.1 Å². The van der Waals surface area contributed by atoms with E-state index >= 15 is 0 Å². The first-order valence-electron chi connectivity index (χ1n) is 6.13. The van der Waals surface area contributed by atoms with E-state index in [9.17, 15) is 9.50 Å². The molecule has 20 heavy (non-hydrogen) atoms. The molecule has 0 spiro atoms. The standard InChI is InChI=1S/C15H11Br2FO2/c16-8-1-3-10-13(19)7-15(20-14(10)5-8)11-6-9(18)2-4-12(11)17/h1-6,13,15,19H,7H2/t13-,15?/m0/s1. The highest BCUT2D eigenvalue weighted by Gasteiger charge is 2.29. The highest BCUT2D eigenvalue weighted by molar-refractivity contribution is 9.10. The van der Waals surface area contributed by atoms with Crippen molar-refractivity contribution in [1.82, 2.24) is 0 Å². The number of hydrogen-bond acceptors (Lipinski definition) is 2. The molecular formula is C15H11Br2FO2. The summed E-state index contributed by atoms with van der Waals surface area (Å²) in [5.41, 5.74) is 1.46. The van der Waals surface area contributed by atoms with E-state index in [4.69, 9.17) is 4.74 Å². The molecule has 0 radical (unpaired) electrons. The molecule has 1 unspecified atom stereocenters. The monoisotopic (exact) mass is 400 g/mol. The molecule has 0 saturated heterocycles. The van der Waals surface area contributed by atoms with Gasteiger partial charge in [-0.1, -0.05) is 37.9 Å². The number of aliphatic hydroxyl groups excluding tert-OH is 1. The lowest BCUT2D eigenvalue weighted by Crippen LogP contribution is -2.19. The van der Waals surface area contributed by atoms with Gasteiger partial charge in [0.2, 0.25) is 0 Å². The third kappa shape index (κ3) is 2.62. The van der Waals surface area contributed by atoms with Crippen LogP contribution < -0.4 is 4.74 Å². The van der Waals surface area contributed by atoms with Crippen molar-refractivity contribution in [1.29, 1.82) is 0 Å². The Morgan fingerprint density at radius 3 is 2.70 bits per heavy atom. The Labute approximate surface area is 132 Å². The zero-order chi connectivity index (χ0) is 14.3. The molecule has 2 aromatic rings. The lowest BCUT2D eigenvalue weighted by atomic mass is 9.95. The van der Waals surface area contributed by atoms with Gasteiger partial charge in [-0.2, -0.15) is 0 Å². The molecule has 5 heteroatoms. The number of halogens is 3. The van der Waals surface area contributed by atoms with Gasteiger partial charge in [0, 0.05) is 26.5 Å². The quantitative estimate of drug-likeness (QED) is 0.735. The average Bonchev–Trinajstić information content (AvgIpc) is 2.41. The van der Waals surface area contributed by atoms with Crippen molar-refractivity contribution >= 4 is 31.9 Å². The lowest BCUT2D eigenvalue weighted by Gasteiger charge is -2.30. The summed E-state index contributed by atoms with van der Waals surface area (Å²) in [5.74, 6) is 0.306. The Bertz CT molecular complexity index is 660. The summed E-state index contributed by atoms with van der Waals surface area (Å²) in [6, 6.07) is 9.99. The maximum Gasteiger partial charge on any atom is 0.128 e. The van der Waals surface area contributed by atoms with Crippen molar-refractivity contribution in [2.75, 3.05) is 0 Å². The van der Waals surface area contributed by atoms with Gasteiger partial charge in [-0.3, -0.25) is 0 Å². The molecule has 0 amide bonds. The van der Waals surface area contributed by atoms with Gasteiger partial charge in [-0.05, 0) is 30.3 Å². The van der Waals surface area contributed by atoms with Crippen molar-refractivity contribution in [2.45, 2.75) is 18.6 Å². The number of ether oxygens (including phenoxy) is 1. The van der Waals surface area contributed by atoms with Crippen molar-refractivity contribution in [2.24, 2.45) is 0 Å². The molecule has 2 aromatic carbocycles. The minimum absolute atomic E-state index is 0.318. The molecule has 2 atom stereocenters. The van der Waals surface area contributed by atoms with Gasteiger partial charge >= 0.3 is 0 Å². The first kappa shape index (κ1) is 14.0. The molecule has 1 aliphatic rings. The second kappa shape index (κ2) is 5.47. The summed E-state index contributed by atoms with van der Waals surface area (Å²) in [5, 5.41) is 10.2. The van der Waals surface area contributed by atoms with Crippen LogP contribution in [0.2, 0.25) is 0 Å². The lowest BCUT2D eigenvalue weighted by molar-refractivity contribution is 0.0652. The average molecular weight is 402 g/mol. The molecule has 0 saturated carbocycles. The van der Waals surface area contributed by atoms with Gasteiger partial charge in [0.15, 0.2) is 0 Å². The van der Waals surface area contributed by atoms with Crippen LogP contribution in [-0.4, -0.2) is 5.11 Å². The SMILES string of the molecule is O[C@H]1CC(c2cc(F)ccc2Br)Oc2cc(Br)ccc21. The third-order valence-electron chi connectivity index (χ3n) is 3.35. The summed E-state index contributed by atoms with van der Waals surface area (Å²) in [4.78, 5) is 0. The molecule has 1 heterocycles. The van der Waals surface area contributed by atoms with Crippen LogP contribution in [0, 0.1) is 5.82 Å². The number of aliphatic hydroxyl groups is 1. The number of hydrogen-bond donors (Lipinski definition) is 1. The second-order valence-electron chi connectivity index (χ2n) is 4.71. The van der Waals surface area contributed by atoms with Crippen LogP contribution in [0.5, 0.6) is 5.75 Å². The first-order chi connectivity index (χ1) is 9.54. The molecular weight excluding hydrogens is 391 g/mol. The maximum atomic E-state index is 13.4. The molecule has 0 fully saturated rings. The van der Waals surface area contributed by atoms with Crippen molar-refractivity contribution in [3.05, 3.63) is 62.3 Å². The molecule has 0 bridgehead atoms. The molecule has 0 aromatic heterocycles. The van der Waals surface area contributed by atoms with E-state index in [1.807, 2.05) is 18.2 Å². The fourth-order valence-corrected chi connectivity index (χ4v) is 3.21. The van der Waals surface area contributed by atoms with Crippen LogP contribution >= 0.6 is 31.9 Å². The molecule has 0 aliphatic carbocycles. The van der Waals surface area contributed by atoms with Gasteiger partial charge in [-0.15, -0.1) is 0 Å². The zero-order valence-corrected chi connectivity index (χ0v) is 13.5. The second-order valence-corrected chi connectivity index (χ2v) is 6.48. The maximum absolute atomic E-state index is 13.4. The summed E-state index contributed by atoms with van der Waals surface area (Å²) < 4.78 is 21.0. The van der Waals surface area contributed by atoms with Gasteiger partial charge in [0.1, 0.15) is 17.7 Å². The van der Waals surface area contributed by atoms with Gasteiger partial charge in [-0.25, -0.2) is 4.39 Å². The predicted octanol–water partition coefficient (Wildman–Crippen LogP) is 4.91. The molecule has 1 aliphatic heterocycles. The van der Waals surface area contributed by atoms with Gasteiger partial charge in [0.05, 0.1) is 6.10 Å². The van der Waals surface area contributed by atoms with E-state index in [1.54, 1.807) is 6.07 Å². The van der Waals surface area contributed by atoms with Crippen LogP contribution in [0.15, 0.2) is 45.3 Å². The fraction of sp³-hybridized carbons (Fsp3) is 0.200. The van der Waals surface area contributed by atoms with Crippen LogP contribution in [0.4, 0.5) is 4.39 Å². The minimum Gasteiger partial charge on any atom is -0.485 e. The summed E-state index contributed by atoms with van der Waals surface area (Å²) in [7, 11) is 0. The van der Waals surface area contributed by atoms with Crippen molar-refractivity contribution in [3.8, 4) is 5.75 Å². The Morgan fingerprint density at radius 2 is 1.90 bits per heavy atom. The molecule has 2 nitrogen and oxygen atoms in total. The molecule has 104 valence electrons. The molecule has 1 N–H and O–H groups in total. The van der Waals surface area contributed by atoms with Crippen LogP contribution in [0.25, 0.3) is 0 Å². The number of rotatable bonds is 1. The van der Waals surface area contributed by atoms with Gasteiger partial charge in [0.25, 0.3) is 0 Å². The Hall–Kier alpha value is -0.910. The minimum atomic E-state index is -0.619. The Balaban J connectivity index is 2.00. The van der Waals surface area contributed by atoms with Gasteiger partial charge < -0.3 is 9.84 Å². The summed E-state index contributed by atoms with van der Waals surface area (Å²) >= 11 is 6.78. The number of benzene rings is 2. The van der Waals surface area contributed by atoms with E-state index < -0.39 is 6.10 Å². The van der Waals surface area contributed by atoms with Crippen molar-refractivity contribution in [3.63, 3.8) is 0 Å². The third-order valence-corrected chi connectivity index (χ3v) is 4.56. The van der Waals surface area contributed by atoms with Crippen LogP contribution in [-0.2, 0) is 0 Å². The normalized spacial score (nSPS) is 21.2. The number of fused-ring (bicyclic) bond motifs is 1. The highest BCUT2D eigenvalue weighted by Crippen LogP contribution is 2.43. The van der Waals surface area contributed by atoms with Crippen molar-refractivity contribution < 1.29 is 14.2 Å².